The third-order valence-corrected chi connectivity index (χ3v) is 5.11. The summed E-state index contributed by atoms with van der Waals surface area (Å²) in [4.78, 5) is 19.8. The van der Waals surface area contributed by atoms with Crippen LogP contribution in [0, 0.1) is 0 Å². The summed E-state index contributed by atoms with van der Waals surface area (Å²) in [5.74, 6) is -0.267. The van der Waals surface area contributed by atoms with E-state index in [1.54, 1.807) is 18.2 Å². The van der Waals surface area contributed by atoms with Crippen molar-refractivity contribution in [2.24, 2.45) is 4.99 Å². The van der Waals surface area contributed by atoms with Crippen molar-refractivity contribution in [1.82, 2.24) is 4.90 Å². The molecule has 6 heteroatoms. The number of nitrogens with zero attached hydrogens (tertiary/aromatic N) is 2. The average molecular weight is 416 g/mol. The number of aliphatic imine (C=N–C) groups is 1. The van der Waals surface area contributed by atoms with Gasteiger partial charge in [-0.05, 0) is 52.0 Å². The van der Waals surface area contributed by atoms with E-state index in [0.717, 1.165) is 11.1 Å². The van der Waals surface area contributed by atoms with Crippen LogP contribution in [0.25, 0.3) is 0 Å². The van der Waals surface area contributed by atoms with Gasteiger partial charge in [-0.3, -0.25) is 4.79 Å². The van der Waals surface area contributed by atoms with E-state index >= 15 is 0 Å². The van der Waals surface area contributed by atoms with Gasteiger partial charge in [-0.1, -0.05) is 41.4 Å². The number of halogens is 2. The van der Waals surface area contributed by atoms with E-state index in [4.69, 9.17) is 28.2 Å². The molecule has 2 aromatic carbocycles. The average Bonchev–Trinajstić information content (AvgIpc) is 2.76. The lowest BCUT2D eigenvalue weighted by Crippen LogP contribution is -2.33. The summed E-state index contributed by atoms with van der Waals surface area (Å²) in [7, 11) is 0. The standard InChI is InChI=1S/C22H23Cl2N3O/c1-13(2)27(14(3)4)12-20-22(28)26-19-10-9-15(23)11-17(19)21(25-20)16-7-5-6-8-18(16)24/h5-14H,1-4H3,(H,26,28). The van der Waals surface area contributed by atoms with Crippen LogP contribution >= 0.6 is 23.2 Å². The van der Waals surface area contributed by atoms with Crippen LogP contribution in [0.4, 0.5) is 5.69 Å². The Morgan fingerprint density at radius 3 is 2.32 bits per heavy atom. The van der Waals surface area contributed by atoms with Gasteiger partial charge in [-0.15, -0.1) is 0 Å². The molecule has 0 spiro atoms. The first-order valence-corrected chi connectivity index (χ1v) is 9.97. The van der Waals surface area contributed by atoms with Crippen LogP contribution in [0.1, 0.15) is 38.8 Å². The molecule has 28 heavy (non-hydrogen) atoms. The highest BCUT2D eigenvalue weighted by atomic mass is 35.5. The Balaban J connectivity index is 2.25. The van der Waals surface area contributed by atoms with E-state index in [0.29, 0.717) is 27.1 Å². The van der Waals surface area contributed by atoms with Gasteiger partial charge in [0.25, 0.3) is 5.91 Å². The molecular weight excluding hydrogens is 393 g/mol. The topological polar surface area (TPSA) is 44.7 Å². The van der Waals surface area contributed by atoms with Crippen molar-refractivity contribution in [2.45, 2.75) is 39.8 Å². The van der Waals surface area contributed by atoms with Gasteiger partial charge in [0, 0.05) is 39.5 Å². The molecule has 0 saturated carbocycles. The Labute approximate surface area is 175 Å². The van der Waals surface area contributed by atoms with Gasteiger partial charge < -0.3 is 10.2 Å². The molecule has 1 heterocycles. The normalized spacial score (nSPS) is 15.4. The number of anilines is 1. The van der Waals surface area contributed by atoms with Crippen LogP contribution in [-0.4, -0.2) is 28.6 Å². The highest BCUT2D eigenvalue weighted by Crippen LogP contribution is 2.30. The number of hydrogen-bond donors (Lipinski definition) is 1. The minimum atomic E-state index is -0.267. The minimum Gasteiger partial charge on any atom is -0.371 e. The SMILES string of the molecule is CC(C)N(C=C1N=C(c2ccccc2Cl)c2cc(Cl)ccc2NC1=O)C(C)C. The lowest BCUT2D eigenvalue weighted by Gasteiger charge is -2.29. The van der Waals surface area contributed by atoms with Crippen molar-refractivity contribution in [3.8, 4) is 0 Å². The van der Waals surface area contributed by atoms with Gasteiger partial charge in [-0.2, -0.15) is 0 Å². The van der Waals surface area contributed by atoms with E-state index in [1.807, 2.05) is 30.5 Å². The molecule has 0 fully saturated rings. The molecule has 0 unspecified atom stereocenters. The maximum atomic E-state index is 12.9. The molecular formula is C22H23Cl2N3O. The van der Waals surface area contributed by atoms with Gasteiger partial charge >= 0.3 is 0 Å². The van der Waals surface area contributed by atoms with Crippen LogP contribution in [0.2, 0.25) is 10.0 Å². The number of nitrogens with one attached hydrogen (secondary N) is 1. The van der Waals surface area contributed by atoms with Gasteiger partial charge in [-0.25, -0.2) is 4.99 Å². The maximum absolute atomic E-state index is 12.9. The summed E-state index contributed by atoms with van der Waals surface area (Å²) in [6.07, 6.45) is 1.81. The molecule has 1 aliphatic rings. The molecule has 1 aliphatic heterocycles. The maximum Gasteiger partial charge on any atom is 0.275 e. The highest BCUT2D eigenvalue weighted by Gasteiger charge is 2.24. The fraction of sp³-hybridized carbons (Fsp3) is 0.273. The Bertz CT molecular complexity index is 956. The predicted octanol–water partition coefficient (Wildman–Crippen LogP) is 5.74. The molecule has 0 radical (unpaired) electrons. The first kappa shape index (κ1) is 20.4. The van der Waals surface area contributed by atoms with E-state index in [2.05, 4.69) is 37.9 Å². The van der Waals surface area contributed by atoms with E-state index in [9.17, 15) is 4.79 Å². The Morgan fingerprint density at radius 1 is 1.00 bits per heavy atom. The fourth-order valence-electron chi connectivity index (χ4n) is 3.22. The van der Waals surface area contributed by atoms with Crippen LogP contribution < -0.4 is 5.32 Å². The zero-order valence-electron chi connectivity index (χ0n) is 16.3. The van der Waals surface area contributed by atoms with Crippen LogP contribution in [-0.2, 0) is 4.79 Å². The number of amides is 1. The third-order valence-electron chi connectivity index (χ3n) is 4.54. The molecule has 3 rings (SSSR count). The molecule has 1 N–H and O–H groups in total. The lowest BCUT2D eigenvalue weighted by molar-refractivity contribution is -0.112. The van der Waals surface area contributed by atoms with Crippen LogP contribution in [0.3, 0.4) is 0 Å². The molecule has 0 bridgehead atoms. The summed E-state index contributed by atoms with van der Waals surface area (Å²) >= 11 is 12.7. The summed E-state index contributed by atoms with van der Waals surface area (Å²) in [5.41, 5.74) is 3.07. The van der Waals surface area contributed by atoms with Crippen LogP contribution in [0.15, 0.2) is 59.4 Å². The van der Waals surface area contributed by atoms with Crippen molar-refractivity contribution in [1.29, 1.82) is 0 Å². The molecule has 0 saturated heterocycles. The zero-order chi connectivity index (χ0) is 20.4. The third kappa shape index (κ3) is 4.23. The van der Waals surface area contributed by atoms with E-state index in [1.165, 1.54) is 0 Å². The molecule has 146 valence electrons. The molecule has 1 amide bonds. The smallest absolute Gasteiger partial charge is 0.275 e. The van der Waals surface area contributed by atoms with Gasteiger partial charge in [0.1, 0.15) is 5.70 Å². The molecule has 0 atom stereocenters. The van der Waals surface area contributed by atoms with Crippen molar-refractivity contribution >= 4 is 40.5 Å². The number of hydrogen-bond acceptors (Lipinski definition) is 3. The quantitative estimate of drug-likeness (QED) is 0.646. The summed E-state index contributed by atoms with van der Waals surface area (Å²) in [6, 6.07) is 13.2. The molecule has 4 nitrogen and oxygen atoms in total. The lowest BCUT2D eigenvalue weighted by atomic mass is 10.0. The number of carbonyl (C=O) groups is 1. The highest BCUT2D eigenvalue weighted by molar-refractivity contribution is 6.37. The van der Waals surface area contributed by atoms with Crippen LogP contribution in [0.5, 0.6) is 0 Å². The number of fused-ring (bicyclic) bond motifs is 1. The van der Waals surface area contributed by atoms with Gasteiger partial charge in [0.2, 0.25) is 0 Å². The monoisotopic (exact) mass is 415 g/mol. The Kier molecular flexibility index (Phi) is 6.11. The van der Waals surface area contributed by atoms with Gasteiger partial charge in [0.15, 0.2) is 0 Å². The fourth-order valence-corrected chi connectivity index (χ4v) is 3.62. The molecule has 0 aliphatic carbocycles. The first-order valence-electron chi connectivity index (χ1n) is 9.22. The van der Waals surface area contributed by atoms with Crippen molar-refractivity contribution < 1.29 is 4.79 Å². The second kappa shape index (κ2) is 8.38. The zero-order valence-corrected chi connectivity index (χ0v) is 17.8. The molecule has 0 aromatic heterocycles. The summed E-state index contributed by atoms with van der Waals surface area (Å²) in [6.45, 7) is 8.33. The van der Waals surface area contributed by atoms with E-state index in [-0.39, 0.29) is 18.0 Å². The number of benzodiazepines with no additional fused rings is 1. The summed E-state index contributed by atoms with van der Waals surface area (Å²) in [5, 5.41) is 4.07. The Hall–Kier alpha value is -2.30. The minimum absolute atomic E-state index is 0.222. The van der Waals surface area contributed by atoms with Gasteiger partial charge in [0.05, 0.1) is 11.4 Å². The van der Waals surface area contributed by atoms with Crippen molar-refractivity contribution in [3.63, 3.8) is 0 Å². The van der Waals surface area contributed by atoms with Crippen molar-refractivity contribution in [3.05, 3.63) is 75.5 Å². The number of rotatable bonds is 4. The summed E-state index contributed by atoms with van der Waals surface area (Å²) < 4.78 is 0. The second-order valence-electron chi connectivity index (χ2n) is 7.23. The van der Waals surface area contributed by atoms with Crippen molar-refractivity contribution in [2.75, 3.05) is 5.32 Å². The number of carbonyl (C=O) groups excluding carboxylic acids is 1. The largest absolute Gasteiger partial charge is 0.371 e. The Morgan fingerprint density at radius 2 is 1.68 bits per heavy atom. The number of benzene rings is 2. The second-order valence-corrected chi connectivity index (χ2v) is 8.08. The first-order chi connectivity index (χ1) is 13.3. The van der Waals surface area contributed by atoms with E-state index < -0.39 is 0 Å². The molecule has 2 aromatic rings. The predicted molar refractivity (Wildman–Crippen MR) is 117 cm³/mol.